The number of carbonyl (C=O) groups excluding carboxylic acids is 2. The standard InChI is InChI=1S/C12H12ClNO3/c1-2-17-11(15)7-14-6-8-5-9(13)3-4-10(8)12(14)16/h3-5H,2,6-7H2,1H3. The van der Waals surface area contributed by atoms with Gasteiger partial charge in [-0.2, -0.15) is 0 Å². The fraction of sp³-hybridized carbons (Fsp3) is 0.333. The summed E-state index contributed by atoms with van der Waals surface area (Å²) in [5, 5.41) is 0.592. The Morgan fingerprint density at radius 3 is 3.00 bits per heavy atom. The van der Waals surface area contributed by atoms with E-state index in [-0.39, 0.29) is 18.4 Å². The Morgan fingerprint density at radius 1 is 1.53 bits per heavy atom. The largest absolute Gasteiger partial charge is 0.465 e. The molecule has 0 saturated carbocycles. The summed E-state index contributed by atoms with van der Waals surface area (Å²) < 4.78 is 4.82. The SMILES string of the molecule is CCOC(=O)CN1Cc2cc(Cl)ccc2C1=O. The second kappa shape index (κ2) is 4.75. The first kappa shape index (κ1) is 11.9. The van der Waals surface area contributed by atoms with Crippen molar-refractivity contribution >= 4 is 23.5 Å². The number of amides is 1. The molecular formula is C12H12ClNO3. The summed E-state index contributed by atoms with van der Waals surface area (Å²) in [5.74, 6) is -0.538. The monoisotopic (exact) mass is 253 g/mol. The van der Waals surface area contributed by atoms with Gasteiger partial charge in [0.15, 0.2) is 0 Å². The van der Waals surface area contributed by atoms with Crippen LogP contribution in [-0.2, 0) is 16.1 Å². The van der Waals surface area contributed by atoms with Crippen molar-refractivity contribution in [2.75, 3.05) is 13.2 Å². The van der Waals surface area contributed by atoms with Gasteiger partial charge < -0.3 is 9.64 Å². The van der Waals surface area contributed by atoms with Crippen molar-refractivity contribution in [2.24, 2.45) is 0 Å². The van der Waals surface area contributed by atoms with Gasteiger partial charge in [0.25, 0.3) is 5.91 Å². The topological polar surface area (TPSA) is 46.6 Å². The number of benzene rings is 1. The summed E-state index contributed by atoms with van der Waals surface area (Å²) in [6.45, 7) is 2.45. The normalized spacial score (nSPS) is 13.8. The van der Waals surface area contributed by atoms with Crippen molar-refractivity contribution in [3.8, 4) is 0 Å². The quantitative estimate of drug-likeness (QED) is 0.773. The third-order valence-electron chi connectivity index (χ3n) is 2.57. The maximum Gasteiger partial charge on any atom is 0.325 e. The highest BCUT2D eigenvalue weighted by Gasteiger charge is 2.28. The number of carbonyl (C=O) groups is 2. The van der Waals surface area contributed by atoms with Crippen molar-refractivity contribution in [1.29, 1.82) is 0 Å². The Bertz CT molecular complexity index is 473. The average molecular weight is 254 g/mol. The summed E-state index contributed by atoms with van der Waals surface area (Å²) in [6, 6.07) is 5.11. The molecule has 0 aliphatic carbocycles. The van der Waals surface area contributed by atoms with Crippen molar-refractivity contribution in [3.63, 3.8) is 0 Å². The van der Waals surface area contributed by atoms with Crippen LogP contribution in [0.2, 0.25) is 5.02 Å². The van der Waals surface area contributed by atoms with Gasteiger partial charge in [-0.15, -0.1) is 0 Å². The van der Waals surface area contributed by atoms with E-state index in [0.29, 0.717) is 23.7 Å². The third-order valence-corrected chi connectivity index (χ3v) is 2.81. The minimum Gasteiger partial charge on any atom is -0.465 e. The molecule has 2 rings (SSSR count). The third kappa shape index (κ3) is 2.42. The van der Waals surface area contributed by atoms with Crippen molar-refractivity contribution < 1.29 is 14.3 Å². The number of nitrogens with zero attached hydrogens (tertiary/aromatic N) is 1. The lowest BCUT2D eigenvalue weighted by Crippen LogP contribution is -2.31. The second-order valence-electron chi connectivity index (χ2n) is 3.77. The highest BCUT2D eigenvalue weighted by molar-refractivity contribution is 6.30. The molecule has 0 atom stereocenters. The van der Waals surface area contributed by atoms with Crippen LogP contribution in [0.25, 0.3) is 0 Å². The summed E-state index contributed by atoms with van der Waals surface area (Å²) in [7, 11) is 0. The van der Waals surface area contributed by atoms with E-state index in [1.807, 2.05) is 0 Å². The van der Waals surface area contributed by atoms with Crippen LogP contribution >= 0.6 is 11.6 Å². The van der Waals surface area contributed by atoms with Crippen LogP contribution in [0.5, 0.6) is 0 Å². The predicted octanol–water partition coefficient (Wildman–Crippen LogP) is 1.86. The number of hydrogen-bond acceptors (Lipinski definition) is 3. The van der Waals surface area contributed by atoms with Crippen LogP contribution in [0.3, 0.4) is 0 Å². The molecule has 4 nitrogen and oxygen atoms in total. The average Bonchev–Trinajstić information content (AvgIpc) is 2.55. The van der Waals surface area contributed by atoms with Crippen LogP contribution in [0, 0.1) is 0 Å². The molecule has 0 unspecified atom stereocenters. The highest BCUT2D eigenvalue weighted by Crippen LogP contribution is 2.25. The van der Waals surface area contributed by atoms with Crippen LogP contribution in [-0.4, -0.2) is 29.9 Å². The van der Waals surface area contributed by atoms with Crippen molar-refractivity contribution in [1.82, 2.24) is 4.90 Å². The lowest BCUT2D eigenvalue weighted by atomic mass is 10.1. The summed E-state index contributed by atoms with van der Waals surface area (Å²) >= 11 is 5.85. The van der Waals surface area contributed by atoms with Gasteiger partial charge in [0.05, 0.1) is 6.61 Å². The molecule has 0 bridgehead atoms. The molecule has 0 spiro atoms. The molecule has 1 aliphatic rings. The molecule has 1 aliphatic heterocycles. The fourth-order valence-corrected chi connectivity index (χ4v) is 2.03. The maximum atomic E-state index is 11.9. The molecule has 0 radical (unpaired) electrons. The second-order valence-corrected chi connectivity index (χ2v) is 4.20. The van der Waals surface area contributed by atoms with E-state index in [1.54, 1.807) is 25.1 Å². The molecule has 1 heterocycles. The van der Waals surface area contributed by atoms with E-state index >= 15 is 0 Å². The molecule has 5 heteroatoms. The zero-order valence-electron chi connectivity index (χ0n) is 9.40. The van der Waals surface area contributed by atoms with Gasteiger partial charge in [0.1, 0.15) is 6.54 Å². The zero-order valence-corrected chi connectivity index (χ0v) is 10.2. The molecule has 17 heavy (non-hydrogen) atoms. The lowest BCUT2D eigenvalue weighted by molar-refractivity contribution is -0.143. The van der Waals surface area contributed by atoms with Crippen LogP contribution in [0.15, 0.2) is 18.2 Å². The Hall–Kier alpha value is -1.55. The Morgan fingerprint density at radius 2 is 2.29 bits per heavy atom. The molecule has 0 fully saturated rings. The van der Waals surface area contributed by atoms with Gasteiger partial charge >= 0.3 is 5.97 Å². The minimum absolute atomic E-state index is 0.0149. The Kier molecular flexibility index (Phi) is 3.33. The number of fused-ring (bicyclic) bond motifs is 1. The first-order valence-electron chi connectivity index (χ1n) is 5.35. The molecule has 1 aromatic carbocycles. The summed E-state index contributed by atoms with van der Waals surface area (Å²) in [4.78, 5) is 24.7. The van der Waals surface area contributed by atoms with Gasteiger partial charge in [-0.25, -0.2) is 0 Å². The first-order chi connectivity index (χ1) is 8.11. The number of rotatable bonds is 3. The van der Waals surface area contributed by atoms with Gasteiger partial charge in [-0.3, -0.25) is 9.59 Å². The van der Waals surface area contributed by atoms with Crippen molar-refractivity contribution in [2.45, 2.75) is 13.5 Å². The zero-order chi connectivity index (χ0) is 12.4. The predicted molar refractivity (Wildman–Crippen MR) is 62.8 cm³/mol. The minimum atomic E-state index is -0.389. The van der Waals surface area contributed by atoms with E-state index in [0.717, 1.165) is 5.56 Å². The number of ether oxygens (including phenoxy) is 1. The highest BCUT2D eigenvalue weighted by atomic mass is 35.5. The summed E-state index contributed by atoms with van der Waals surface area (Å²) in [6.07, 6.45) is 0. The van der Waals surface area contributed by atoms with E-state index in [9.17, 15) is 9.59 Å². The van der Waals surface area contributed by atoms with E-state index in [4.69, 9.17) is 16.3 Å². The smallest absolute Gasteiger partial charge is 0.325 e. The van der Waals surface area contributed by atoms with E-state index in [1.165, 1.54) is 4.90 Å². The fourth-order valence-electron chi connectivity index (χ4n) is 1.84. The molecule has 0 saturated heterocycles. The number of halogens is 1. The van der Waals surface area contributed by atoms with Crippen LogP contribution in [0.1, 0.15) is 22.8 Å². The first-order valence-corrected chi connectivity index (χ1v) is 5.73. The van der Waals surface area contributed by atoms with E-state index in [2.05, 4.69) is 0 Å². The van der Waals surface area contributed by atoms with Gasteiger partial charge in [0, 0.05) is 17.1 Å². The van der Waals surface area contributed by atoms with Gasteiger partial charge in [0.2, 0.25) is 0 Å². The molecule has 1 aromatic rings. The lowest BCUT2D eigenvalue weighted by Gasteiger charge is -2.13. The molecule has 90 valence electrons. The maximum absolute atomic E-state index is 11.9. The van der Waals surface area contributed by atoms with Gasteiger partial charge in [-0.1, -0.05) is 11.6 Å². The van der Waals surface area contributed by atoms with Crippen LogP contribution in [0.4, 0.5) is 0 Å². The number of hydrogen-bond donors (Lipinski definition) is 0. The van der Waals surface area contributed by atoms with Gasteiger partial charge in [-0.05, 0) is 30.7 Å². The Balaban J connectivity index is 2.12. The van der Waals surface area contributed by atoms with E-state index < -0.39 is 0 Å². The number of esters is 1. The molecule has 0 aromatic heterocycles. The van der Waals surface area contributed by atoms with Crippen LogP contribution < -0.4 is 0 Å². The summed E-state index contributed by atoms with van der Waals surface area (Å²) in [5.41, 5.74) is 1.46. The molecule has 1 amide bonds. The Labute approximate surface area is 104 Å². The molecule has 0 N–H and O–H groups in total. The van der Waals surface area contributed by atoms with Crippen molar-refractivity contribution in [3.05, 3.63) is 34.3 Å². The molecular weight excluding hydrogens is 242 g/mol.